The highest BCUT2D eigenvalue weighted by molar-refractivity contribution is 6.28. The molecule has 0 bridgehead atoms. The number of hydrogen-bond acceptors (Lipinski definition) is 5. The molecule has 2 aliphatic rings. The Morgan fingerprint density at radius 2 is 2.29 bits per heavy atom. The normalized spacial score (nSPS) is 23.2. The smallest absolute Gasteiger partial charge is 0.224 e. The van der Waals surface area contributed by atoms with Crippen LogP contribution in [0.4, 0.5) is 5.82 Å². The van der Waals surface area contributed by atoms with Crippen molar-refractivity contribution in [3.05, 3.63) is 16.5 Å². The standard InChI is InChI=1S/C11H14ClN3O2/c12-11-13-9-6-17-5-8(9)10(14-11)15-3-1-2-7(15)4-16/h7,16H,1-6H2/t7-/m1/s1. The van der Waals surface area contributed by atoms with Gasteiger partial charge in [0.05, 0.1) is 31.6 Å². The van der Waals surface area contributed by atoms with Gasteiger partial charge in [-0.3, -0.25) is 0 Å². The molecule has 0 aromatic carbocycles. The number of anilines is 1. The molecule has 1 N–H and O–H groups in total. The molecular weight excluding hydrogens is 242 g/mol. The van der Waals surface area contributed by atoms with E-state index in [0.29, 0.717) is 13.2 Å². The first-order chi connectivity index (χ1) is 8.29. The van der Waals surface area contributed by atoms with E-state index in [2.05, 4.69) is 14.9 Å². The van der Waals surface area contributed by atoms with Gasteiger partial charge in [-0.05, 0) is 24.4 Å². The summed E-state index contributed by atoms with van der Waals surface area (Å²) in [5, 5.41) is 9.62. The molecule has 0 spiro atoms. The zero-order valence-corrected chi connectivity index (χ0v) is 10.2. The van der Waals surface area contributed by atoms with E-state index in [0.717, 1.165) is 36.5 Å². The molecule has 0 amide bonds. The zero-order chi connectivity index (χ0) is 11.8. The zero-order valence-electron chi connectivity index (χ0n) is 9.40. The fourth-order valence-electron chi connectivity index (χ4n) is 2.55. The van der Waals surface area contributed by atoms with Gasteiger partial charge in [0.15, 0.2) is 0 Å². The number of halogens is 1. The van der Waals surface area contributed by atoms with E-state index in [4.69, 9.17) is 16.3 Å². The van der Waals surface area contributed by atoms with E-state index in [1.807, 2.05) is 0 Å². The summed E-state index contributed by atoms with van der Waals surface area (Å²) < 4.78 is 5.39. The molecule has 2 aliphatic heterocycles. The Morgan fingerprint density at radius 1 is 1.41 bits per heavy atom. The molecule has 0 aliphatic carbocycles. The summed E-state index contributed by atoms with van der Waals surface area (Å²) in [4.78, 5) is 10.6. The second-order valence-electron chi connectivity index (χ2n) is 4.41. The van der Waals surface area contributed by atoms with Crippen LogP contribution in [-0.2, 0) is 18.0 Å². The third kappa shape index (κ3) is 1.88. The molecule has 6 heteroatoms. The minimum Gasteiger partial charge on any atom is -0.394 e. The Morgan fingerprint density at radius 3 is 3.12 bits per heavy atom. The number of fused-ring (bicyclic) bond motifs is 1. The van der Waals surface area contributed by atoms with Crippen LogP contribution in [0.2, 0.25) is 5.28 Å². The Kier molecular flexibility index (Phi) is 2.90. The van der Waals surface area contributed by atoms with Gasteiger partial charge in [0.1, 0.15) is 5.82 Å². The van der Waals surface area contributed by atoms with Gasteiger partial charge in [0, 0.05) is 12.1 Å². The maximum absolute atomic E-state index is 9.37. The summed E-state index contributed by atoms with van der Waals surface area (Å²) in [7, 11) is 0. The van der Waals surface area contributed by atoms with Gasteiger partial charge < -0.3 is 14.7 Å². The minimum atomic E-state index is 0.144. The molecule has 1 fully saturated rings. The van der Waals surface area contributed by atoms with Gasteiger partial charge >= 0.3 is 0 Å². The molecule has 1 aromatic rings. The summed E-state index contributed by atoms with van der Waals surface area (Å²) in [5.41, 5.74) is 1.90. The quantitative estimate of drug-likeness (QED) is 0.803. The van der Waals surface area contributed by atoms with E-state index in [-0.39, 0.29) is 17.9 Å². The summed E-state index contributed by atoms with van der Waals surface area (Å²) in [5.74, 6) is 0.842. The molecule has 0 unspecified atom stereocenters. The van der Waals surface area contributed by atoms with Crippen molar-refractivity contribution in [1.29, 1.82) is 0 Å². The van der Waals surface area contributed by atoms with Crippen LogP contribution in [0.3, 0.4) is 0 Å². The molecule has 5 nitrogen and oxygen atoms in total. The number of aliphatic hydroxyl groups excluding tert-OH is 1. The summed E-state index contributed by atoms with van der Waals surface area (Å²) in [6.07, 6.45) is 2.07. The molecule has 3 rings (SSSR count). The third-order valence-electron chi connectivity index (χ3n) is 3.39. The van der Waals surface area contributed by atoms with Crippen molar-refractivity contribution in [2.45, 2.75) is 32.1 Å². The number of rotatable bonds is 2. The third-order valence-corrected chi connectivity index (χ3v) is 3.56. The van der Waals surface area contributed by atoms with Crippen molar-refractivity contribution in [3.8, 4) is 0 Å². The first-order valence-corrected chi connectivity index (χ1v) is 6.18. The average molecular weight is 256 g/mol. The summed E-state index contributed by atoms with van der Waals surface area (Å²) in [6, 6.07) is 0.144. The Bertz CT molecular complexity index is 441. The molecular formula is C11H14ClN3O2. The van der Waals surface area contributed by atoms with E-state index in [1.165, 1.54) is 0 Å². The van der Waals surface area contributed by atoms with Crippen molar-refractivity contribution in [2.24, 2.45) is 0 Å². The lowest BCUT2D eigenvalue weighted by Crippen LogP contribution is -2.33. The van der Waals surface area contributed by atoms with Crippen LogP contribution >= 0.6 is 11.6 Å². The van der Waals surface area contributed by atoms with Gasteiger partial charge in [-0.1, -0.05) is 0 Å². The van der Waals surface area contributed by atoms with Gasteiger partial charge in [-0.15, -0.1) is 0 Å². The molecule has 0 radical (unpaired) electrons. The van der Waals surface area contributed by atoms with Gasteiger partial charge in [-0.25, -0.2) is 9.97 Å². The van der Waals surface area contributed by atoms with Gasteiger partial charge in [0.2, 0.25) is 5.28 Å². The summed E-state index contributed by atoms with van der Waals surface area (Å²) >= 11 is 5.93. The van der Waals surface area contributed by atoms with Crippen molar-refractivity contribution < 1.29 is 9.84 Å². The lowest BCUT2D eigenvalue weighted by atomic mass is 10.2. The highest BCUT2D eigenvalue weighted by Crippen LogP contribution is 2.32. The number of aliphatic hydroxyl groups is 1. The Balaban J connectivity index is 2.02. The van der Waals surface area contributed by atoms with Crippen LogP contribution in [0.15, 0.2) is 0 Å². The predicted molar refractivity (Wildman–Crippen MR) is 63.0 cm³/mol. The fraction of sp³-hybridized carbons (Fsp3) is 0.636. The van der Waals surface area contributed by atoms with Crippen molar-refractivity contribution in [2.75, 3.05) is 18.1 Å². The van der Waals surface area contributed by atoms with Crippen molar-refractivity contribution in [1.82, 2.24) is 9.97 Å². The predicted octanol–water partition coefficient (Wildman–Crippen LogP) is 1.12. The van der Waals surface area contributed by atoms with Crippen LogP contribution in [0.1, 0.15) is 24.1 Å². The Labute approximate surface area is 104 Å². The van der Waals surface area contributed by atoms with Crippen LogP contribution in [-0.4, -0.2) is 34.3 Å². The van der Waals surface area contributed by atoms with Gasteiger partial charge in [-0.2, -0.15) is 0 Å². The number of aromatic nitrogens is 2. The van der Waals surface area contributed by atoms with Crippen LogP contribution < -0.4 is 4.90 Å². The van der Waals surface area contributed by atoms with Crippen LogP contribution in [0.5, 0.6) is 0 Å². The van der Waals surface area contributed by atoms with E-state index < -0.39 is 0 Å². The highest BCUT2D eigenvalue weighted by atomic mass is 35.5. The lowest BCUT2D eigenvalue weighted by Gasteiger charge is -2.25. The Hall–Kier alpha value is -0.910. The van der Waals surface area contributed by atoms with Crippen molar-refractivity contribution >= 4 is 17.4 Å². The van der Waals surface area contributed by atoms with Crippen LogP contribution in [0.25, 0.3) is 0 Å². The monoisotopic (exact) mass is 255 g/mol. The average Bonchev–Trinajstić information content (AvgIpc) is 2.95. The molecule has 3 heterocycles. The topological polar surface area (TPSA) is 58.5 Å². The largest absolute Gasteiger partial charge is 0.394 e. The van der Waals surface area contributed by atoms with E-state index in [1.54, 1.807) is 0 Å². The second-order valence-corrected chi connectivity index (χ2v) is 4.74. The first kappa shape index (κ1) is 11.2. The molecule has 0 saturated carbocycles. The second kappa shape index (κ2) is 4.40. The maximum atomic E-state index is 9.37. The van der Waals surface area contributed by atoms with E-state index in [9.17, 15) is 5.11 Å². The number of nitrogens with zero attached hydrogens (tertiary/aromatic N) is 3. The lowest BCUT2D eigenvalue weighted by molar-refractivity contribution is 0.133. The van der Waals surface area contributed by atoms with E-state index >= 15 is 0 Å². The SMILES string of the molecule is OC[C@H]1CCCN1c1nc(Cl)nc2c1COC2. The minimum absolute atomic E-state index is 0.144. The maximum Gasteiger partial charge on any atom is 0.224 e. The first-order valence-electron chi connectivity index (χ1n) is 5.80. The van der Waals surface area contributed by atoms with Crippen LogP contribution in [0, 0.1) is 0 Å². The molecule has 1 saturated heterocycles. The number of ether oxygens (including phenoxy) is 1. The molecule has 92 valence electrons. The molecule has 1 atom stereocenters. The highest BCUT2D eigenvalue weighted by Gasteiger charge is 2.30. The number of hydrogen-bond donors (Lipinski definition) is 1. The van der Waals surface area contributed by atoms with Gasteiger partial charge in [0.25, 0.3) is 0 Å². The van der Waals surface area contributed by atoms with Crippen molar-refractivity contribution in [3.63, 3.8) is 0 Å². The summed E-state index contributed by atoms with van der Waals surface area (Å²) in [6.45, 7) is 2.10. The molecule has 1 aromatic heterocycles. The fourth-order valence-corrected chi connectivity index (χ4v) is 2.73. The molecule has 17 heavy (non-hydrogen) atoms.